The van der Waals surface area contributed by atoms with Gasteiger partial charge in [0.2, 0.25) is 0 Å². The van der Waals surface area contributed by atoms with E-state index in [2.05, 4.69) is 15.6 Å². The van der Waals surface area contributed by atoms with Crippen LogP contribution in [0, 0.1) is 13.8 Å². The Kier molecular flexibility index (Phi) is 6.06. The zero-order chi connectivity index (χ0) is 20.1. The fourth-order valence-corrected chi connectivity index (χ4v) is 3.26. The van der Waals surface area contributed by atoms with Gasteiger partial charge in [0.05, 0.1) is 11.3 Å². The summed E-state index contributed by atoms with van der Waals surface area (Å²) in [5.74, 6) is -0.0441. The van der Waals surface area contributed by atoms with Crippen LogP contribution in [0.3, 0.4) is 0 Å². The standard InChI is InChI=1S/C21H21N3O3S/c1-13-10-14(2)12-16(11-13)27-15(3)19(25)23-18-7-5-4-6-17(18)20(26)24-21-22-8-9-28-21/h4-12,15H,1-3H3,(H,23,25)(H,22,24,26). The van der Waals surface area contributed by atoms with Gasteiger partial charge >= 0.3 is 0 Å². The van der Waals surface area contributed by atoms with E-state index in [1.54, 1.807) is 42.8 Å². The fraction of sp³-hybridized carbons (Fsp3) is 0.190. The lowest BCUT2D eigenvalue weighted by atomic mass is 10.1. The summed E-state index contributed by atoms with van der Waals surface area (Å²) >= 11 is 1.32. The first kappa shape index (κ1) is 19.6. The molecule has 2 aromatic carbocycles. The number of nitrogens with zero attached hydrogens (tertiary/aromatic N) is 1. The van der Waals surface area contributed by atoms with Crippen molar-refractivity contribution in [3.8, 4) is 5.75 Å². The number of para-hydroxylation sites is 1. The summed E-state index contributed by atoms with van der Waals surface area (Å²) in [6.07, 6.45) is 0.885. The van der Waals surface area contributed by atoms with Gasteiger partial charge in [-0.2, -0.15) is 0 Å². The number of nitrogens with one attached hydrogen (secondary N) is 2. The second-order valence-electron chi connectivity index (χ2n) is 6.41. The summed E-state index contributed by atoms with van der Waals surface area (Å²) in [7, 11) is 0. The number of ether oxygens (including phenoxy) is 1. The largest absolute Gasteiger partial charge is 0.481 e. The van der Waals surface area contributed by atoms with Crippen molar-refractivity contribution in [1.29, 1.82) is 0 Å². The fourth-order valence-electron chi connectivity index (χ4n) is 2.73. The number of hydrogen-bond acceptors (Lipinski definition) is 5. The van der Waals surface area contributed by atoms with Crippen molar-refractivity contribution in [2.24, 2.45) is 0 Å². The third-order valence-corrected chi connectivity index (χ3v) is 4.65. The van der Waals surface area contributed by atoms with Crippen LogP contribution in [0.15, 0.2) is 54.0 Å². The van der Waals surface area contributed by atoms with E-state index in [4.69, 9.17) is 4.74 Å². The Morgan fingerprint density at radius 2 is 1.79 bits per heavy atom. The Balaban J connectivity index is 1.70. The lowest BCUT2D eigenvalue weighted by molar-refractivity contribution is -0.122. The quantitative estimate of drug-likeness (QED) is 0.647. The minimum absolute atomic E-state index is 0.339. The van der Waals surface area contributed by atoms with Crippen LogP contribution in [0.2, 0.25) is 0 Å². The summed E-state index contributed by atoms with van der Waals surface area (Å²) in [5.41, 5.74) is 2.89. The lowest BCUT2D eigenvalue weighted by Crippen LogP contribution is -2.31. The molecule has 0 spiro atoms. The van der Waals surface area contributed by atoms with Gasteiger partial charge in [-0.15, -0.1) is 11.3 Å². The number of hydrogen-bond donors (Lipinski definition) is 2. The van der Waals surface area contributed by atoms with Crippen molar-refractivity contribution in [2.45, 2.75) is 26.9 Å². The van der Waals surface area contributed by atoms with E-state index in [9.17, 15) is 9.59 Å². The Morgan fingerprint density at radius 3 is 2.46 bits per heavy atom. The number of anilines is 2. The minimum atomic E-state index is -0.726. The summed E-state index contributed by atoms with van der Waals surface area (Å²) in [6, 6.07) is 12.6. The molecule has 7 heteroatoms. The van der Waals surface area contributed by atoms with Gasteiger partial charge in [-0.1, -0.05) is 18.2 Å². The SMILES string of the molecule is Cc1cc(C)cc(OC(C)C(=O)Nc2ccccc2C(=O)Nc2nccs2)c1. The molecule has 0 aliphatic carbocycles. The first-order valence-electron chi connectivity index (χ1n) is 8.78. The third-order valence-electron chi connectivity index (χ3n) is 3.96. The molecule has 3 aromatic rings. The minimum Gasteiger partial charge on any atom is -0.481 e. The average molecular weight is 395 g/mol. The van der Waals surface area contributed by atoms with Crippen molar-refractivity contribution in [3.05, 3.63) is 70.7 Å². The number of aryl methyl sites for hydroxylation is 2. The van der Waals surface area contributed by atoms with Crippen LogP contribution >= 0.6 is 11.3 Å². The predicted octanol–water partition coefficient (Wildman–Crippen LogP) is 4.42. The van der Waals surface area contributed by atoms with E-state index >= 15 is 0 Å². The second kappa shape index (κ2) is 8.67. The van der Waals surface area contributed by atoms with E-state index in [0.29, 0.717) is 22.1 Å². The molecule has 3 rings (SSSR count). The number of carbonyl (C=O) groups excluding carboxylic acids is 2. The topological polar surface area (TPSA) is 80.3 Å². The first-order valence-corrected chi connectivity index (χ1v) is 9.66. The summed E-state index contributed by atoms with van der Waals surface area (Å²) in [6.45, 7) is 5.62. The maximum Gasteiger partial charge on any atom is 0.265 e. The van der Waals surface area contributed by atoms with Gasteiger partial charge in [0.1, 0.15) is 5.75 Å². The highest BCUT2D eigenvalue weighted by molar-refractivity contribution is 7.13. The van der Waals surface area contributed by atoms with Crippen LogP contribution in [0.5, 0.6) is 5.75 Å². The van der Waals surface area contributed by atoms with Gasteiger partial charge in [-0.25, -0.2) is 4.98 Å². The molecular formula is C21H21N3O3S. The highest BCUT2D eigenvalue weighted by Crippen LogP contribution is 2.21. The molecule has 0 bridgehead atoms. The molecule has 0 saturated carbocycles. The van der Waals surface area contributed by atoms with Gasteiger partial charge in [0, 0.05) is 11.6 Å². The Hall–Kier alpha value is -3.19. The molecule has 1 aromatic heterocycles. The van der Waals surface area contributed by atoms with Crippen LogP contribution < -0.4 is 15.4 Å². The van der Waals surface area contributed by atoms with Crippen molar-refractivity contribution in [3.63, 3.8) is 0 Å². The highest BCUT2D eigenvalue weighted by atomic mass is 32.1. The molecule has 144 valence electrons. The summed E-state index contributed by atoms with van der Waals surface area (Å²) < 4.78 is 5.77. The Morgan fingerprint density at radius 1 is 1.07 bits per heavy atom. The number of thiazole rings is 1. The van der Waals surface area contributed by atoms with E-state index in [-0.39, 0.29) is 11.8 Å². The Labute approximate surface area is 167 Å². The summed E-state index contributed by atoms with van der Waals surface area (Å²) in [5, 5.41) is 7.77. The smallest absolute Gasteiger partial charge is 0.265 e. The maximum absolute atomic E-state index is 12.6. The number of benzene rings is 2. The first-order chi connectivity index (χ1) is 13.4. The molecule has 2 amide bonds. The second-order valence-corrected chi connectivity index (χ2v) is 7.30. The monoisotopic (exact) mass is 395 g/mol. The predicted molar refractivity (Wildman–Crippen MR) is 111 cm³/mol. The number of rotatable bonds is 6. The van der Waals surface area contributed by atoms with Gasteiger partial charge in [0.25, 0.3) is 11.8 Å². The molecule has 1 atom stereocenters. The lowest BCUT2D eigenvalue weighted by Gasteiger charge is -2.17. The average Bonchev–Trinajstić information content (AvgIpc) is 3.14. The molecule has 6 nitrogen and oxygen atoms in total. The zero-order valence-electron chi connectivity index (χ0n) is 15.9. The van der Waals surface area contributed by atoms with Crippen molar-refractivity contribution in [1.82, 2.24) is 4.98 Å². The van der Waals surface area contributed by atoms with Gasteiger partial charge in [-0.05, 0) is 56.2 Å². The summed E-state index contributed by atoms with van der Waals surface area (Å²) in [4.78, 5) is 29.2. The van der Waals surface area contributed by atoms with Crippen LogP contribution in [0.4, 0.5) is 10.8 Å². The Bertz CT molecular complexity index is 966. The van der Waals surface area contributed by atoms with Gasteiger partial charge < -0.3 is 10.1 Å². The molecule has 28 heavy (non-hydrogen) atoms. The molecule has 0 fully saturated rings. The number of carbonyl (C=O) groups is 2. The molecule has 0 aliphatic heterocycles. The zero-order valence-corrected chi connectivity index (χ0v) is 16.7. The normalized spacial score (nSPS) is 11.5. The van der Waals surface area contributed by atoms with E-state index in [1.807, 2.05) is 32.0 Å². The van der Waals surface area contributed by atoms with Crippen LogP contribution in [-0.2, 0) is 4.79 Å². The molecule has 0 saturated heterocycles. The van der Waals surface area contributed by atoms with E-state index in [1.165, 1.54) is 11.3 Å². The maximum atomic E-state index is 12.6. The highest BCUT2D eigenvalue weighted by Gasteiger charge is 2.19. The van der Waals surface area contributed by atoms with Crippen LogP contribution in [0.25, 0.3) is 0 Å². The van der Waals surface area contributed by atoms with E-state index < -0.39 is 6.10 Å². The molecule has 1 heterocycles. The number of amides is 2. The molecule has 2 N–H and O–H groups in total. The van der Waals surface area contributed by atoms with Crippen LogP contribution in [-0.4, -0.2) is 22.9 Å². The third kappa shape index (κ3) is 4.95. The molecule has 1 unspecified atom stereocenters. The van der Waals surface area contributed by atoms with Crippen LogP contribution in [0.1, 0.15) is 28.4 Å². The molecular weight excluding hydrogens is 374 g/mol. The molecule has 0 radical (unpaired) electrons. The van der Waals surface area contributed by atoms with Crippen molar-refractivity contribution in [2.75, 3.05) is 10.6 Å². The van der Waals surface area contributed by atoms with Gasteiger partial charge in [0.15, 0.2) is 11.2 Å². The number of aromatic nitrogens is 1. The molecule has 0 aliphatic rings. The van der Waals surface area contributed by atoms with Gasteiger partial charge in [-0.3, -0.25) is 14.9 Å². The van der Waals surface area contributed by atoms with Crippen molar-refractivity contribution < 1.29 is 14.3 Å². The van der Waals surface area contributed by atoms with Crippen molar-refractivity contribution >= 4 is 34.0 Å². The van der Waals surface area contributed by atoms with E-state index in [0.717, 1.165) is 11.1 Å².